The maximum atomic E-state index is 11.6. The average Bonchev–Trinajstić information content (AvgIpc) is 2.90. The van der Waals surface area contributed by atoms with Gasteiger partial charge in [-0.15, -0.1) is 0 Å². The molecule has 0 saturated heterocycles. The number of benzene rings is 1. The number of rotatable bonds is 4. The van der Waals surface area contributed by atoms with E-state index in [1.165, 1.54) is 0 Å². The van der Waals surface area contributed by atoms with Crippen molar-refractivity contribution in [3.05, 3.63) is 29.3 Å². The summed E-state index contributed by atoms with van der Waals surface area (Å²) < 4.78 is 5.01. The summed E-state index contributed by atoms with van der Waals surface area (Å²) in [5.41, 5.74) is 0.592. The van der Waals surface area contributed by atoms with Crippen molar-refractivity contribution in [2.45, 2.75) is 25.7 Å². The zero-order chi connectivity index (χ0) is 13.7. The summed E-state index contributed by atoms with van der Waals surface area (Å²) in [7, 11) is 0. The molecule has 0 heterocycles. The molecule has 4 nitrogen and oxygen atoms in total. The molecule has 1 N–H and O–H groups in total. The van der Waals surface area contributed by atoms with E-state index < -0.39 is 0 Å². The lowest BCUT2D eigenvalue weighted by atomic mass is 10.1. The maximum absolute atomic E-state index is 11.6. The van der Waals surface area contributed by atoms with E-state index in [0.29, 0.717) is 10.7 Å². The maximum Gasteiger partial charge on any atom is 0.309 e. The van der Waals surface area contributed by atoms with E-state index in [0.717, 1.165) is 25.7 Å². The molecule has 0 bridgehead atoms. The highest BCUT2D eigenvalue weighted by Gasteiger charge is 2.24. The summed E-state index contributed by atoms with van der Waals surface area (Å²) in [6, 6.07) is 6.82. The van der Waals surface area contributed by atoms with Gasteiger partial charge in [0.15, 0.2) is 6.61 Å². The Hall–Kier alpha value is -1.55. The Kier molecular flexibility index (Phi) is 4.80. The van der Waals surface area contributed by atoms with Gasteiger partial charge in [-0.3, -0.25) is 9.59 Å². The summed E-state index contributed by atoms with van der Waals surface area (Å²) in [6.07, 6.45) is 3.87. The first-order valence-corrected chi connectivity index (χ1v) is 6.75. The number of esters is 1. The highest BCUT2D eigenvalue weighted by Crippen LogP contribution is 2.25. The van der Waals surface area contributed by atoms with E-state index >= 15 is 0 Å². The Labute approximate surface area is 117 Å². The first kappa shape index (κ1) is 13.9. The van der Waals surface area contributed by atoms with Crippen LogP contribution in [0.3, 0.4) is 0 Å². The zero-order valence-electron chi connectivity index (χ0n) is 10.5. The van der Waals surface area contributed by atoms with Crippen LogP contribution in [0.25, 0.3) is 0 Å². The predicted molar refractivity (Wildman–Crippen MR) is 73.0 cm³/mol. The van der Waals surface area contributed by atoms with Crippen LogP contribution < -0.4 is 5.32 Å². The highest BCUT2D eigenvalue weighted by molar-refractivity contribution is 6.30. The number of nitrogens with one attached hydrogen (secondary N) is 1. The van der Waals surface area contributed by atoms with Crippen LogP contribution in [0, 0.1) is 5.92 Å². The molecule has 0 aromatic heterocycles. The second kappa shape index (κ2) is 6.57. The molecular formula is C14H16ClNO3. The molecule has 5 heteroatoms. The number of halogens is 1. The summed E-state index contributed by atoms with van der Waals surface area (Å²) in [6.45, 7) is -0.248. The van der Waals surface area contributed by atoms with Crippen LogP contribution in [-0.2, 0) is 14.3 Å². The zero-order valence-corrected chi connectivity index (χ0v) is 11.3. The third-order valence-corrected chi connectivity index (χ3v) is 3.38. The van der Waals surface area contributed by atoms with Gasteiger partial charge in [0.25, 0.3) is 5.91 Å². The molecule has 0 radical (unpaired) electrons. The minimum Gasteiger partial charge on any atom is -0.455 e. The lowest BCUT2D eigenvalue weighted by molar-refractivity contribution is -0.151. The van der Waals surface area contributed by atoms with Crippen molar-refractivity contribution < 1.29 is 14.3 Å². The lowest BCUT2D eigenvalue weighted by Crippen LogP contribution is -2.23. The molecule has 1 aromatic carbocycles. The largest absolute Gasteiger partial charge is 0.455 e. The van der Waals surface area contributed by atoms with Crippen LogP contribution in [-0.4, -0.2) is 18.5 Å². The van der Waals surface area contributed by atoms with Gasteiger partial charge in [0.05, 0.1) is 5.92 Å². The second-order valence-electron chi connectivity index (χ2n) is 4.65. The van der Waals surface area contributed by atoms with E-state index in [4.69, 9.17) is 16.3 Å². The molecule has 1 aliphatic carbocycles. The number of anilines is 1. The fourth-order valence-corrected chi connectivity index (χ4v) is 2.37. The van der Waals surface area contributed by atoms with Gasteiger partial charge >= 0.3 is 5.97 Å². The van der Waals surface area contributed by atoms with Crippen LogP contribution in [0.2, 0.25) is 5.02 Å². The monoisotopic (exact) mass is 281 g/mol. The molecule has 1 amide bonds. The molecule has 0 atom stereocenters. The minimum absolute atomic E-state index is 0.0287. The van der Waals surface area contributed by atoms with E-state index in [1.54, 1.807) is 24.3 Å². The first-order valence-electron chi connectivity index (χ1n) is 6.37. The van der Waals surface area contributed by atoms with Gasteiger partial charge in [0, 0.05) is 10.7 Å². The molecule has 1 saturated carbocycles. The molecular weight excluding hydrogens is 266 g/mol. The normalized spacial score (nSPS) is 15.2. The molecule has 102 valence electrons. The number of ether oxygens (including phenoxy) is 1. The average molecular weight is 282 g/mol. The van der Waals surface area contributed by atoms with E-state index in [9.17, 15) is 9.59 Å². The summed E-state index contributed by atoms with van der Waals surface area (Å²) in [5.74, 6) is -0.647. The minimum atomic E-state index is -0.353. The van der Waals surface area contributed by atoms with Crippen molar-refractivity contribution in [3.63, 3.8) is 0 Å². The molecule has 0 spiro atoms. The molecule has 1 aliphatic rings. The Morgan fingerprint density at radius 2 is 2.05 bits per heavy atom. The van der Waals surface area contributed by atoms with Crippen LogP contribution in [0.5, 0.6) is 0 Å². The molecule has 1 fully saturated rings. The van der Waals surface area contributed by atoms with Gasteiger partial charge in [-0.25, -0.2) is 0 Å². The third-order valence-electron chi connectivity index (χ3n) is 3.14. The molecule has 2 rings (SSSR count). The topological polar surface area (TPSA) is 55.4 Å². The Balaban J connectivity index is 1.76. The van der Waals surface area contributed by atoms with Crippen molar-refractivity contribution in [1.82, 2.24) is 0 Å². The van der Waals surface area contributed by atoms with Gasteiger partial charge in [-0.05, 0) is 31.0 Å². The Bertz CT molecular complexity index is 470. The number of hydrogen-bond acceptors (Lipinski definition) is 3. The van der Waals surface area contributed by atoms with Crippen LogP contribution in [0.4, 0.5) is 5.69 Å². The van der Waals surface area contributed by atoms with Crippen molar-refractivity contribution in [2.75, 3.05) is 11.9 Å². The standard InChI is InChI=1S/C14H16ClNO3/c15-11-6-3-7-12(8-11)16-13(17)9-19-14(18)10-4-1-2-5-10/h3,6-8,10H,1-2,4-5,9H2,(H,16,17). The molecule has 0 unspecified atom stereocenters. The summed E-state index contributed by atoms with van der Waals surface area (Å²) in [5, 5.41) is 3.17. The Morgan fingerprint density at radius 1 is 1.32 bits per heavy atom. The van der Waals surface area contributed by atoms with Gasteiger partial charge in [-0.2, -0.15) is 0 Å². The number of carbonyl (C=O) groups excluding carboxylic acids is 2. The van der Waals surface area contributed by atoms with E-state index in [-0.39, 0.29) is 24.4 Å². The third kappa shape index (κ3) is 4.24. The predicted octanol–water partition coefficient (Wildman–Crippen LogP) is 3.01. The van der Waals surface area contributed by atoms with E-state index in [1.807, 2.05) is 0 Å². The van der Waals surface area contributed by atoms with Gasteiger partial charge in [0.1, 0.15) is 0 Å². The first-order chi connectivity index (χ1) is 9.15. The van der Waals surface area contributed by atoms with Crippen molar-refractivity contribution in [1.29, 1.82) is 0 Å². The SMILES string of the molecule is O=C(COC(=O)C1CCCC1)Nc1cccc(Cl)c1. The van der Waals surface area contributed by atoms with Crippen LogP contribution >= 0.6 is 11.6 Å². The van der Waals surface area contributed by atoms with Crippen LogP contribution in [0.15, 0.2) is 24.3 Å². The van der Waals surface area contributed by atoms with Crippen molar-refractivity contribution in [2.24, 2.45) is 5.92 Å². The second-order valence-corrected chi connectivity index (χ2v) is 5.08. The van der Waals surface area contributed by atoms with Gasteiger partial charge in [0.2, 0.25) is 0 Å². The molecule has 1 aromatic rings. The molecule has 19 heavy (non-hydrogen) atoms. The van der Waals surface area contributed by atoms with Gasteiger partial charge < -0.3 is 10.1 Å². The fourth-order valence-electron chi connectivity index (χ4n) is 2.18. The van der Waals surface area contributed by atoms with Crippen molar-refractivity contribution in [3.8, 4) is 0 Å². The summed E-state index contributed by atoms with van der Waals surface area (Å²) in [4.78, 5) is 23.2. The Morgan fingerprint density at radius 3 is 2.74 bits per heavy atom. The smallest absolute Gasteiger partial charge is 0.309 e. The van der Waals surface area contributed by atoms with E-state index in [2.05, 4.69) is 5.32 Å². The fraction of sp³-hybridized carbons (Fsp3) is 0.429. The number of amides is 1. The van der Waals surface area contributed by atoms with Gasteiger partial charge in [-0.1, -0.05) is 30.5 Å². The quantitative estimate of drug-likeness (QED) is 0.863. The molecule has 0 aliphatic heterocycles. The van der Waals surface area contributed by atoms with Crippen LogP contribution in [0.1, 0.15) is 25.7 Å². The number of hydrogen-bond donors (Lipinski definition) is 1. The highest BCUT2D eigenvalue weighted by atomic mass is 35.5. The lowest BCUT2D eigenvalue weighted by Gasteiger charge is -2.10. The van der Waals surface area contributed by atoms with Crippen molar-refractivity contribution >= 4 is 29.2 Å². The summed E-state index contributed by atoms with van der Waals surface area (Å²) >= 11 is 5.81. The number of carbonyl (C=O) groups is 2.